The molecule has 0 bridgehead atoms. The molecule has 0 radical (unpaired) electrons. The molecule has 14 heavy (non-hydrogen) atoms. The zero-order chi connectivity index (χ0) is 10.4. The molecule has 1 aliphatic carbocycles. The van der Waals surface area contributed by atoms with Crippen LogP contribution in [0.2, 0.25) is 0 Å². The molecule has 78 valence electrons. The molecule has 1 unspecified atom stereocenters. The molecule has 3 heteroatoms. The summed E-state index contributed by atoms with van der Waals surface area (Å²) in [6.45, 7) is 4.85. The zero-order valence-electron chi connectivity index (χ0n) is 8.77. The summed E-state index contributed by atoms with van der Waals surface area (Å²) in [6.07, 6.45) is 9.46. The van der Waals surface area contributed by atoms with E-state index in [1.165, 1.54) is 0 Å². The molecule has 0 heterocycles. The molecule has 0 amide bonds. The van der Waals surface area contributed by atoms with Gasteiger partial charge in [0.25, 0.3) is 0 Å². The lowest BCUT2D eigenvalue weighted by atomic mass is 10.2. The first kappa shape index (κ1) is 11.6. The molecule has 1 aliphatic rings. The first-order chi connectivity index (χ1) is 6.70. The molecule has 0 saturated carbocycles. The minimum atomic E-state index is -1.60. The first-order valence-corrected chi connectivity index (χ1v) is 6.17. The lowest BCUT2D eigenvalue weighted by molar-refractivity contribution is -0.172. The van der Waals surface area contributed by atoms with Crippen molar-refractivity contribution in [3.8, 4) is 0 Å². The molecule has 0 aliphatic heterocycles. The van der Waals surface area contributed by atoms with E-state index in [1.54, 1.807) is 0 Å². The van der Waals surface area contributed by atoms with Gasteiger partial charge in [0.15, 0.2) is 5.29 Å². The maximum absolute atomic E-state index is 11.6. The standard InChI is InChI=1S/C11H17O2P/c1-10(2)8-9-13-14(12)11-6-4-3-5-7-11/h3-6,10H,7-9H2,1-2H3. The quantitative estimate of drug-likeness (QED) is 0.670. The van der Waals surface area contributed by atoms with Gasteiger partial charge in [-0.3, -0.25) is 0 Å². The van der Waals surface area contributed by atoms with Crippen molar-refractivity contribution >= 4 is 13.3 Å². The summed E-state index contributed by atoms with van der Waals surface area (Å²) in [4.78, 5) is 11.6. The molecule has 0 saturated heterocycles. The van der Waals surface area contributed by atoms with Gasteiger partial charge in [-0.2, -0.15) is 4.52 Å². The highest BCUT2D eigenvalue weighted by atomic mass is 31.1. The van der Waals surface area contributed by atoms with Crippen molar-refractivity contribution < 1.29 is 9.42 Å². The second kappa shape index (κ2) is 6.13. The van der Waals surface area contributed by atoms with Gasteiger partial charge in [-0.15, -0.1) is 0 Å². The van der Waals surface area contributed by atoms with E-state index < -0.39 is 8.00 Å². The Morgan fingerprint density at radius 2 is 2.29 bits per heavy atom. The Kier molecular flexibility index (Phi) is 5.10. The normalized spacial score (nSPS) is 19.1. The molecular formula is C11H17O2P. The summed E-state index contributed by atoms with van der Waals surface area (Å²) in [6, 6.07) is 0. The summed E-state index contributed by atoms with van der Waals surface area (Å²) in [5, 5.41) is 0.895. The van der Waals surface area contributed by atoms with E-state index in [1.807, 2.05) is 24.3 Å². The second-order valence-electron chi connectivity index (χ2n) is 3.76. The number of allylic oxidation sites excluding steroid dienone is 4. The SMILES string of the molecule is CC(C)CCO/[P+]([O-])=C1/C=CC=CC1. The van der Waals surface area contributed by atoms with E-state index in [9.17, 15) is 4.89 Å². The summed E-state index contributed by atoms with van der Waals surface area (Å²) >= 11 is 0. The van der Waals surface area contributed by atoms with E-state index in [2.05, 4.69) is 13.8 Å². The van der Waals surface area contributed by atoms with Gasteiger partial charge in [0.1, 0.15) is 0 Å². The second-order valence-corrected chi connectivity index (χ2v) is 5.10. The van der Waals surface area contributed by atoms with Crippen LogP contribution in [0.5, 0.6) is 0 Å². The van der Waals surface area contributed by atoms with Crippen LogP contribution in [-0.2, 0) is 4.52 Å². The third-order valence-electron chi connectivity index (χ3n) is 2.00. The molecule has 2 nitrogen and oxygen atoms in total. The Bertz CT molecular complexity index is 264. The molecule has 0 aromatic heterocycles. The van der Waals surface area contributed by atoms with Crippen LogP contribution in [0.25, 0.3) is 0 Å². The van der Waals surface area contributed by atoms with Crippen molar-refractivity contribution in [2.24, 2.45) is 5.92 Å². The zero-order valence-corrected chi connectivity index (χ0v) is 9.67. The van der Waals surface area contributed by atoms with Crippen LogP contribution < -0.4 is 4.89 Å². The van der Waals surface area contributed by atoms with Gasteiger partial charge in [-0.1, -0.05) is 32.1 Å². The van der Waals surface area contributed by atoms with Crippen LogP contribution in [-0.4, -0.2) is 11.9 Å². The topological polar surface area (TPSA) is 32.3 Å². The smallest absolute Gasteiger partial charge is 0.224 e. The lowest BCUT2D eigenvalue weighted by Gasteiger charge is -2.05. The van der Waals surface area contributed by atoms with E-state index in [0.29, 0.717) is 12.5 Å². The van der Waals surface area contributed by atoms with Crippen LogP contribution in [0.15, 0.2) is 24.3 Å². The highest BCUT2D eigenvalue weighted by Crippen LogP contribution is 2.21. The fourth-order valence-corrected chi connectivity index (χ4v) is 1.99. The van der Waals surface area contributed by atoms with Crippen LogP contribution in [0.4, 0.5) is 0 Å². The summed E-state index contributed by atoms with van der Waals surface area (Å²) in [5.41, 5.74) is 0. The van der Waals surface area contributed by atoms with Gasteiger partial charge >= 0.3 is 0 Å². The van der Waals surface area contributed by atoms with Crippen LogP contribution >= 0.6 is 8.00 Å². The number of rotatable bonds is 4. The maximum atomic E-state index is 11.6. The molecular weight excluding hydrogens is 195 g/mol. The van der Waals surface area contributed by atoms with Gasteiger partial charge in [-0.05, 0) is 18.4 Å². The van der Waals surface area contributed by atoms with E-state index >= 15 is 0 Å². The Labute approximate surface area is 86.8 Å². The fourth-order valence-electron chi connectivity index (χ4n) is 1.09. The Morgan fingerprint density at radius 1 is 1.50 bits per heavy atom. The van der Waals surface area contributed by atoms with Gasteiger partial charge < -0.3 is 4.89 Å². The molecule has 0 N–H and O–H groups in total. The van der Waals surface area contributed by atoms with E-state index in [-0.39, 0.29) is 0 Å². The van der Waals surface area contributed by atoms with Gasteiger partial charge in [0, 0.05) is 6.42 Å². The van der Waals surface area contributed by atoms with Crippen LogP contribution in [0.1, 0.15) is 26.7 Å². The van der Waals surface area contributed by atoms with Crippen LogP contribution in [0.3, 0.4) is 0 Å². The molecule has 0 aromatic rings. The molecule has 1 atom stereocenters. The average Bonchev–Trinajstić information content (AvgIpc) is 2.18. The monoisotopic (exact) mass is 212 g/mol. The lowest BCUT2D eigenvalue weighted by Crippen LogP contribution is -2.05. The third kappa shape index (κ3) is 4.19. The van der Waals surface area contributed by atoms with E-state index in [0.717, 1.165) is 18.1 Å². The Morgan fingerprint density at radius 3 is 2.86 bits per heavy atom. The Balaban J connectivity index is 2.36. The molecule has 0 spiro atoms. The first-order valence-electron chi connectivity index (χ1n) is 4.99. The highest BCUT2D eigenvalue weighted by molar-refractivity contribution is 7.47. The Hall–Kier alpha value is -0.430. The maximum Gasteiger partial charge on any atom is 0.224 e. The van der Waals surface area contributed by atoms with Gasteiger partial charge in [0.2, 0.25) is 8.00 Å². The van der Waals surface area contributed by atoms with Crippen molar-refractivity contribution in [1.29, 1.82) is 0 Å². The summed E-state index contributed by atoms with van der Waals surface area (Å²) < 4.78 is 5.28. The predicted octanol–water partition coefficient (Wildman–Crippen LogP) is 2.41. The summed E-state index contributed by atoms with van der Waals surface area (Å²) in [7, 11) is -1.60. The fraction of sp³-hybridized carbons (Fsp3) is 0.545. The highest BCUT2D eigenvalue weighted by Gasteiger charge is 2.09. The van der Waals surface area contributed by atoms with Crippen molar-refractivity contribution in [1.82, 2.24) is 0 Å². The molecule has 1 rings (SSSR count). The third-order valence-corrected chi connectivity index (χ3v) is 3.22. The predicted molar refractivity (Wildman–Crippen MR) is 60.2 cm³/mol. The van der Waals surface area contributed by atoms with Gasteiger partial charge in [-0.25, -0.2) is 0 Å². The van der Waals surface area contributed by atoms with Crippen molar-refractivity contribution in [3.63, 3.8) is 0 Å². The minimum absolute atomic E-state index is 0.591. The largest absolute Gasteiger partial charge is 0.603 e. The molecule has 0 fully saturated rings. The van der Waals surface area contributed by atoms with Crippen molar-refractivity contribution in [2.45, 2.75) is 26.7 Å². The van der Waals surface area contributed by atoms with Crippen molar-refractivity contribution in [3.05, 3.63) is 24.3 Å². The molecule has 0 aromatic carbocycles. The average molecular weight is 212 g/mol. The van der Waals surface area contributed by atoms with Crippen LogP contribution in [0, 0.1) is 5.92 Å². The van der Waals surface area contributed by atoms with Crippen molar-refractivity contribution in [2.75, 3.05) is 6.61 Å². The summed E-state index contributed by atoms with van der Waals surface area (Å²) in [5.74, 6) is 0.602. The number of hydrogen-bond donors (Lipinski definition) is 0. The number of hydrogen-bond acceptors (Lipinski definition) is 2. The van der Waals surface area contributed by atoms with E-state index in [4.69, 9.17) is 4.52 Å². The van der Waals surface area contributed by atoms with Gasteiger partial charge in [0.05, 0.1) is 6.61 Å². The minimum Gasteiger partial charge on any atom is -0.603 e.